The molecule has 0 bridgehead atoms. The fraction of sp³-hybridized carbons (Fsp3) is 0.211. The number of Topliss-reactive ketones (excluding diaryl/α,β-unsaturated/α-hetero) is 1. The highest BCUT2D eigenvalue weighted by Gasteiger charge is 2.26. The molecule has 0 aromatic carbocycles. The van der Waals surface area contributed by atoms with E-state index >= 15 is 0 Å². The van der Waals surface area contributed by atoms with Gasteiger partial charge >= 0.3 is 0 Å². The molecule has 1 N–H and O–H groups in total. The van der Waals surface area contributed by atoms with Crippen LogP contribution < -0.4 is 0 Å². The van der Waals surface area contributed by atoms with Crippen molar-refractivity contribution in [2.45, 2.75) is 25.7 Å². The Bertz CT molecular complexity index is 838. The predicted molar refractivity (Wildman–Crippen MR) is 88.3 cm³/mol. The summed E-state index contributed by atoms with van der Waals surface area (Å²) in [4.78, 5) is 24.5. The number of carbonyl (C=O) groups is 1. The van der Waals surface area contributed by atoms with Gasteiger partial charge in [0.15, 0.2) is 5.78 Å². The van der Waals surface area contributed by atoms with E-state index in [0.29, 0.717) is 12.8 Å². The molecule has 4 rings (SSSR count). The molecular weight excluding hydrogens is 286 g/mol. The number of ketones is 1. The number of H-pyrrole nitrogens is 1. The van der Waals surface area contributed by atoms with Crippen molar-refractivity contribution < 1.29 is 4.79 Å². The maximum absolute atomic E-state index is 12.5. The van der Waals surface area contributed by atoms with Crippen LogP contribution in [0.2, 0.25) is 0 Å². The molecule has 0 amide bonds. The van der Waals surface area contributed by atoms with E-state index in [-0.39, 0.29) is 5.78 Å². The van der Waals surface area contributed by atoms with Crippen LogP contribution in [-0.2, 0) is 12.8 Å². The lowest BCUT2D eigenvalue weighted by Gasteiger charge is -2.12. The summed E-state index contributed by atoms with van der Waals surface area (Å²) in [5.41, 5.74) is 6.08. The minimum Gasteiger partial charge on any atom is -0.358 e. The van der Waals surface area contributed by atoms with E-state index in [0.717, 1.165) is 46.6 Å². The van der Waals surface area contributed by atoms with Gasteiger partial charge in [-0.1, -0.05) is 6.07 Å². The zero-order valence-corrected chi connectivity index (χ0v) is 12.7. The Morgan fingerprint density at radius 1 is 1.04 bits per heavy atom. The van der Waals surface area contributed by atoms with Gasteiger partial charge in [0.25, 0.3) is 0 Å². The van der Waals surface area contributed by atoms with Crippen LogP contribution in [0.5, 0.6) is 0 Å². The first-order valence-corrected chi connectivity index (χ1v) is 7.90. The molecule has 114 valence electrons. The van der Waals surface area contributed by atoms with Crippen LogP contribution in [0.4, 0.5) is 0 Å². The second-order valence-corrected chi connectivity index (χ2v) is 5.84. The van der Waals surface area contributed by atoms with Crippen LogP contribution in [0.3, 0.4) is 0 Å². The Hall–Kier alpha value is -2.75. The first kappa shape index (κ1) is 13.9. The number of fused-ring (bicyclic) bond motifs is 1. The van der Waals surface area contributed by atoms with Gasteiger partial charge < -0.3 is 4.98 Å². The summed E-state index contributed by atoms with van der Waals surface area (Å²) in [5, 5.41) is 0. The van der Waals surface area contributed by atoms with Gasteiger partial charge in [-0.3, -0.25) is 14.8 Å². The van der Waals surface area contributed by atoms with Crippen molar-refractivity contribution in [2.24, 2.45) is 0 Å². The molecule has 4 nitrogen and oxygen atoms in total. The Morgan fingerprint density at radius 2 is 1.91 bits per heavy atom. The summed E-state index contributed by atoms with van der Waals surface area (Å²) >= 11 is 0. The van der Waals surface area contributed by atoms with Gasteiger partial charge in [0.05, 0.1) is 5.69 Å². The normalized spacial score (nSPS) is 13.8. The average Bonchev–Trinajstić information content (AvgIpc) is 2.96. The maximum Gasteiger partial charge on any atom is 0.165 e. The van der Waals surface area contributed by atoms with Gasteiger partial charge in [-0.05, 0) is 42.7 Å². The van der Waals surface area contributed by atoms with E-state index in [9.17, 15) is 4.79 Å². The van der Waals surface area contributed by atoms with Crippen molar-refractivity contribution in [3.05, 3.63) is 71.4 Å². The molecule has 0 fully saturated rings. The lowest BCUT2D eigenvalue weighted by Crippen LogP contribution is -2.11. The minimum atomic E-state index is 0.244. The number of hydrogen-bond donors (Lipinski definition) is 1. The summed E-state index contributed by atoms with van der Waals surface area (Å²) in [6.07, 6.45) is 8.50. The molecule has 3 aromatic rings. The lowest BCUT2D eigenvalue weighted by molar-refractivity contribution is 0.0971. The van der Waals surface area contributed by atoms with Crippen molar-refractivity contribution in [3.8, 4) is 11.3 Å². The Labute approximate surface area is 134 Å². The first-order chi connectivity index (χ1) is 11.3. The van der Waals surface area contributed by atoms with E-state index in [2.05, 4.69) is 15.0 Å². The van der Waals surface area contributed by atoms with Gasteiger partial charge in [-0.25, -0.2) is 0 Å². The van der Waals surface area contributed by atoms with Crippen LogP contribution in [0.15, 0.2) is 48.9 Å². The third-order valence-corrected chi connectivity index (χ3v) is 4.34. The van der Waals surface area contributed by atoms with E-state index in [1.807, 2.05) is 30.3 Å². The van der Waals surface area contributed by atoms with E-state index in [4.69, 9.17) is 0 Å². The summed E-state index contributed by atoms with van der Waals surface area (Å²) in [7, 11) is 0. The monoisotopic (exact) mass is 303 g/mol. The van der Waals surface area contributed by atoms with E-state index in [1.54, 1.807) is 18.6 Å². The highest BCUT2D eigenvalue weighted by atomic mass is 16.1. The van der Waals surface area contributed by atoms with E-state index < -0.39 is 0 Å². The Morgan fingerprint density at radius 3 is 2.70 bits per heavy atom. The Balaban J connectivity index is 1.87. The second-order valence-electron chi connectivity index (χ2n) is 5.84. The molecule has 0 aliphatic heterocycles. The molecule has 0 atom stereocenters. The van der Waals surface area contributed by atoms with Gasteiger partial charge in [0.2, 0.25) is 0 Å². The van der Waals surface area contributed by atoms with Crippen molar-refractivity contribution >= 4 is 5.78 Å². The molecule has 0 saturated carbocycles. The number of hydrogen-bond acceptors (Lipinski definition) is 3. The molecule has 0 unspecified atom stereocenters. The highest BCUT2D eigenvalue weighted by molar-refractivity contribution is 6.01. The van der Waals surface area contributed by atoms with Crippen LogP contribution in [0.1, 0.15) is 40.2 Å². The van der Waals surface area contributed by atoms with E-state index in [1.165, 1.54) is 0 Å². The zero-order valence-electron chi connectivity index (χ0n) is 12.7. The highest BCUT2D eigenvalue weighted by Crippen LogP contribution is 2.33. The van der Waals surface area contributed by atoms with Crippen LogP contribution in [0.25, 0.3) is 11.3 Å². The zero-order chi connectivity index (χ0) is 15.6. The summed E-state index contributed by atoms with van der Waals surface area (Å²) in [6, 6.07) is 9.84. The SMILES string of the molecule is O=C1CCCc2[nH]c(-c3ccncc3)c(Cc3ccccn3)c21. The lowest BCUT2D eigenvalue weighted by atomic mass is 9.90. The molecular formula is C19H17N3O. The van der Waals surface area contributed by atoms with Crippen molar-refractivity contribution in [2.75, 3.05) is 0 Å². The number of nitrogens with one attached hydrogen (secondary N) is 1. The quantitative estimate of drug-likeness (QED) is 0.804. The molecule has 1 aliphatic carbocycles. The number of carbonyl (C=O) groups excluding carboxylic acids is 1. The van der Waals surface area contributed by atoms with Crippen molar-refractivity contribution in [1.29, 1.82) is 0 Å². The van der Waals surface area contributed by atoms with Gasteiger partial charge in [0, 0.05) is 53.9 Å². The number of pyridine rings is 2. The number of aromatic amines is 1. The van der Waals surface area contributed by atoms with Gasteiger partial charge in [0.1, 0.15) is 0 Å². The summed E-state index contributed by atoms with van der Waals surface area (Å²) < 4.78 is 0. The van der Waals surface area contributed by atoms with Gasteiger partial charge in [-0.2, -0.15) is 0 Å². The number of aryl methyl sites for hydroxylation is 1. The van der Waals surface area contributed by atoms with Crippen LogP contribution >= 0.6 is 0 Å². The number of nitrogens with zero attached hydrogens (tertiary/aromatic N) is 2. The molecule has 3 aromatic heterocycles. The van der Waals surface area contributed by atoms with Gasteiger partial charge in [-0.15, -0.1) is 0 Å². The molecule has 3 heterocycles. The predicted octanol–water partition coefficient (Wildman–Crippen LogP) is 3.58. The first-order valence-electron chi connectivity index (χ1n) is 7.90. The molecule has 0 spiro atoms. The fourth-order valence-corrected chi connectivity index (χ4v) is 3.30. The molecule has 0 radical (unpaired) electrons. The third-order valence-electron chi connectivity index (χ3n) is 4.34. The molecule has 23 heavy (non-hydrogen) atoms. The minimum absolute atomic E-state index is 0.244. The van der Waals surface area contributed by atoms with Crippen LogP contribution in [-0.4, -0.2) is 20.7 Å². The van der Waals surface area contributed by atoms with Crippen molar-refractivity contribution in [3.63, 3.8) is 0 Å². The fourth-order valence-electron chi connectivity index (χ4n) is 3.30. The summed E-state index contributed by atoms with van der Waals surface area (Å²) in [6.45, 7) is 0. The number of rotatable bonds is 3. The third kappa shape index (κ3) is 2.57. The molecule has 1 aliphatic rings. The van der Waals surface area contributed by atoms with Crippen molar-refractivity contribution in [1.82, 2.24) is 15.0 Å². The smallest absolute Gasteiger partial charge is 0.165 e. The topological polar surface area (TPSA) is 58.6 Å². The summed E-state index contributed by atoms with van der Waals surface area (Å²) in [5.74, 6) is 0.244. The number of aromatic nitrogens is 3. The maximum atomic E-state index is 12.5. The average molecular weight is 303 g/mol. The standard InChI is InChI=1S/C19H17N3O/c23-17-6-3-5-16-18(17)15(12-14-4-1-2-9-21-14)19(22-16)13-7-10-20-11-8-13/h1-2,4,7-11,22H,3,5-6,12H2. The second kappa shape index (κ2) is 5.80. The molecule has 4 heteroatoms. The molecule has 0 saturated heterocycles. The largest absolute Gasteiger partial charge is 0.358 e. The van der Waals surface area contributed by atoms with Crippen LogP contribution in [0, 0.1) is 0 Å². The Kier molecular flexibility index (Phi) is 3.50.